The van der Waals surface area contributed by atoms with Gasteiger partial charge in [0.25, 0.3) is 0 Å². The van der Waals surface area contributed by atoms with E-state index in [0.29, 0.717) is 0 Å². The third-order valence-electron chi connectivity index (χ3n) is 2.04. The molecule has 1 nitrogen and oxygen atoms in total. The zero-order valence-corrected chi connectivity index (χ0v) is 9.36. The third kappa shape index (κ3) is 5.06. The summed E-state index contributed by atoms with van der Waals surface area (Å²) in [5, 5.41) is 7.78. The van der Waals surface area contributed by atoms with Crippen LogP contribution in [0.15, 0.2) is 16.8 Å². The first-order chi connectivity index (χ1) is 6.29. The highest BCUT2D eigenvalue weighted by atomic mass is 32.1. The van der Waals surface area contributed by atoms with Gasteiger partial charge in [0.05, 0.1) is 0 Å². The van der Waals surface area contributed by atoms with Gasteiger partial charge in [0, 0.05) is 6.54 Å². The fourth-order valence-electron chi connectivity index (χ4n) is 1.26. The van der Waals surface area contributed by atoms with E-state index in [1.807, 2.05) is 0 Å². The molecule has 1 aromatic heterocycles. The number of rotatable bonds is 6. The highest BCUT2D eigenvalue weighted by molar-refractivity contribution is 7.07. The van der Waals surface area contributed by atoms with Crippen molar-refractivity contribution in [2.24, 2.45) is 5.92 Å². The Bertz CT molecular complexity index is 204. The molecule has 74 valence electrons. The lowest BCUT2D eigenvalue weighted by Gasteiger charge is -2.05. The lowest BCUT2D eigenvalue weighted by atomic mass is 10.1. The van der Waals surface area contributed by atoms with Crippen molar-refractivity contribution in [3.05, 3.63) is 22.4 Å². The molecule has 13 heavy (non-hydrogen) atoms. The molecule has 1 heterocycles. The molecule has 1 aromatic rings. The van der Waals surface area contributed by atoms with Gasteiger partial charge in [-0.3, -0.25) is 0 Å². The molecule has 0 saturated carbocycles. The zero-order valence-electron chi connectivity index (χ0n) is 8.55. The molecule has 0 amide bonds. The number of thiophene rings is 1. The van der Waals surface area contributed by atoms with Gasteiger partial charge in [-0.1, -0.05) is 13.8 Å². The van der Waals surface area contributed by atoms with Crippen LogP contribution in [0.3, 0.4) is 0 Å². The maximum Gasteiger partial charge on any atom is 0.0213 e. The van der Waals surface area contributed by atoms with Crippen LogP contribution in [0.5, 0.6) is 0 Å². The SMILES string of the molecule is CC(C)CCCNCc1ccsc1. The largest absolute Gasteiger partial charge is 0.313 e. The second-order valence-electron chi connectivity index (χ2n) is 3.84. The van der Waals surface area contributed by atoms with E-state index >= 15 is 0 Å². The maximum absolute atomic E-state index is 3.45. The van der Waals surface area contributed by atoms with Crippen LogP contribution >= 0.6 is 11.3 Å². The Labute approximate surface area is 85.2 Å². The monoisotopic (exact) mass is 197 g/mol. The Hall–Kier alpha value is -0.340. The van der Waals surface area contributed by atoms with Crippen molar-refractivity contribution in [2.75, 3.05) is 6.54 Å². The summed E-state index contributed by atoms with van der Waals surface area (Å²) in [6.45, 7) is 6.73. The van der Waals surface area contributed by atoms with Gasteiger partial charge in [0.2, 0.25) is 0 Å². The van der Waals surface area contributed by atoms with Crippen LogP contribution in [0.4, 0.5) is 0 Å². The van der Waals surface area contributed by atoms with Crippen molar-refractivity contribution < 1.29 is 0 Å². The first-order valence-corrected chi connectivity index (χ1v) is 5.95. The van der Waals surface area contributed by atoms with E-state index < -0.39 is 0 Å². The van der Waals surface area contributed by atoms with Crippen LogP contribution in [0.2, 0.25) is 0 Å². The minimum absolute atomic E-state index is 0.836. The molecule has 0 aromatic carbocycles. The summed E-state index contributed by atoms with van der Waals surface area (Å²) in [7, 11) is 0. The second-order valence-corrected chi connectivity index (χ2v) is 4.62. The molecule has 0 aliphatic rings. The minimum Gasteiger partial charge on any atom is -0.313 e. The third-order valence-corrected chi connectivity index (χ3v) is 2.78. The highest BCUT2D eigenvalue weighted by Gasteiger charge is 1.94. The molecule has 0 aliphatic heterocycles. The van der Waals surface area contributed by atoms with Crippen LogP contribution in [0, 0.1) is 5.92 Å². The Morgan fingerprint density at radius 3 is 2.92 bits per heavy atom. The lowest BCUT2D eigenvalue weighted by Crippen LogP contribution is -2.14. The highest BCUT2D eigenvalue weighted by Crippen LogP contribution is 2.05. The van der Waals surface area contributed by atoms with Crippen molar-refractivity contribution in [3.8, 4) is 0 Å². The summed E-state index contributed by atoms with van der Waals surface area (Å²) in [5.74, 6) is 0.836. The van der Waals surface area contributed by atoms with Gasteiger partial charge in [0.15, 0.2) is 0 Å². The van der Waals surface area contributed by atoms with Gasteiger partial charge in [-0.05, 0) is 47.7 Å². The summed E-state index contributed by atoms with van der Waals surface area (Å²) in [5.41, 5.74) is 1.41. The molecule has 0 aliphatic carbocycles. The molecule has 0 unspecified atom stereocenters. The number of hydrogen-bond acceptors (Lipinski definition) is 2. The summed E-state index contributed by atoms with van der Waals surface area (Å²) in [6.07, 6.45) is 2.62. The van der Waals surface area contributed by atoms with E-state index in [4.69, 9.17) is 0 Å². The van der Waals surface area contributed by atoms with Crippen molar-refractivity contribution in [1.82, 2.24) is 5.32 Å². The molecule has 1 N–H and O–H groups in total. The van der Waals surface area contributed by atoms with Gasteiger partial charge < -0.3 is 5.32 Å². The average molecular weight is 197 g/mol. The van der Waals surface area contributed by atoms with Crippen LogP contribution in [0.1, 0.15) is 32.3 Å². The summed E-state index contributed by atoms with van der Waals surface area (Å²) in [6, 6.07) is 2.18. The van der Waals surface area contributed by atoms with Gasteiger partial charge in [-0.15, -0.1) is 0 Å². The Kier molecular flexibility index (Phi) is 5.09. The molecule has 0 fully saturated rings. The molecule has 0 spiro atoms. The molecule has 2 heteroatoms. The van der Waals surface area contributed by atoms with Gasteiger partial charge in [-0.2, -0.15) is 11.3 Å². The second kappa shape index (κ2) is 6.17. The molecule has 0 radical (unpaired) electrons. The van der Waals surface area contributed by atoms with Crippen LogP contribution in [-0.2, 0) is 6.54 Å². The fraction of sp³-hybridized carbons (Fsp3) is 0.636. The lowest BCUT2D eigenvalue weighted by molar-refractivity contribution is 0.528. The predicted octanol–water partition coefficient (Wildman–Crippen LogP) is 3.27. The number of nitrogens with one attached hydrogen (secondary N) is 1. The summed E-state index contributed by atoms with van der Waals surface area (Å²) >= 11 is 1.77. The zero-order chi connectivity index (χ0) is 9.52. The van der Waals surface area contributed by atoms with Crippen molar-refractivity contribution in [2.45, 2.75) is 33.2 Å². The van der Waals surface area contributed by atoms with Gasteiger partial charge in [-0.25, -0.2) is 0 Å². The molecular formula is C11H19NS. The Morgan fingerprint density at radius 1 is 1.46 bits per heavy atom. The van der Waals surface area contributed by atoms with Crippen molar-refractivity contribution >= 4 is 11.3 Å². The number of hydrogen-bond donors (Lipinski definition) is 1. The molecule has 0 saturated heterocycles. The molecular weight excluding hydrogens is 178 g/mol. The van der Waals surface area contributed by atoms with E-state index in [1.165, 1.54) is 18.4 Å². The van der Waals surface area contributed by atoms with Crippen molar-refractivity contribution in [3.63, 3.8) is 0 Å². The normalized spacial score (nSPS) is 11.0. The van der Waals surface area contributed by atoms with Gasteiger partial charge >= 0.3 is 0 Å². The van der Waals surface area contributed by atoms with Crippen LogP contribution in [0.25, 0.3) is 0 Å². The van der Waals surface area contributed by atoms with Gasteiger partial charge in [0.1, 0.15) is 0 Å². The van der Waals surface area contributed by atoms with Crippen LogP contribution in [-0.4, -0.2) is 6.54 Å². The van der Waals surface area contributed by atoms with E-state index in [0.717, 1.165) is 19.0 Å². The Morgan fingerprint density at radius 2 is 2.31 bits per heavy atom. The van der Waals surface area contributed by atoms with E-state index in [2.05, 4.69) is 36.0 Å². The molecule has 1 rings (SSSR count). The quantitative estimate of drug-likeness (QED) is 0.690. The Balaban J connectivity index is 1.96. The maximum atomic E-state index is 3.45. The predicted molar refractivity (Wildman–Crippen MR) is 60.1 cm³/mol. The minimum atomic E-state index is 0.836. The smallest absolute Gasteiger partial charge is 0.0213 e. The fourth-order valence-corrected chi connectivity index (χ4v) is 1.93. The van der Waals surface area contributed by atoms with Crippen molar-refractivity contribution in [1.29, 1.82) is 0 Å². The summed E-state index contributed by atoms with van der Waals surface area (Å²) < 4.78 is 0. The first-order valence-electron chi connectivity index (χ1n) is 5.01. The summed E-state index contributed by atoms with van der Waals surface area (Å²) in [4.78, 5) is 0. The first kappa shape index (κ1) is 10.7. The van der Waals surface area contributed by atoms with E-state index in [1.54, 1.807) is 11.3 Å². The van der Waals surface area contributed by atoms with Crippen LogP contribution < -0.4 is 5.32 Å². The van der Waals surface area contributed by atoms with E-state index in [9.17, 15) is 0 Å². The standard InChI is InChI=1S/C11H19NS/c1-10(2)4-3-6-12-8-11-5-7-13-9-11/h5,7,9-10,12H,3-4,6,8H2,1-2H3. The topological polar surface area (TPSA) is 12.0 Å². The molecule has 0 atom stereocenters. The van der Waals surface area contributed by atoms with E-state index in [-0.39, 0.29) is 0 Å². The molecule has 0 bridgehead atoms. The average Bonchev–Trinajstić information content (AvgIpc) is 2.55.